The third-order valence-electron chi connectivity index (χ3n) is 3.49. The second kappa shape index (κ2) is 5.05. The van der Waals surface area contributed by atoms with Crippen molar-refractivity contribution >= 4 is 22.5 Å². The highest BCUT2D eigenvalue weighted by molar-refractivity contribution is 7.13. The van der Waals surface area contributed by atoms with Crippen LogP contribution in [0.15, 0.2) is 29.9 Å². The van der Waals surface area contributed by atoms with E-state index in [1.165, 1.54) is 17.0 Å². The number of amides is 2. The first-order valence-corrected chi connectivity index (χ1v) is 7.22. The van der Waals surface area contributed by atoms with Gasteiger partial charge in [0.2, 0.25) is 0 Å². The van der Waals surface area contributed by atoms with Crippen molar-refractivity contribution in [3.63, 3.8) is 0 Å². The predicted octanol–water partition coefficient (Wildman–Crippen LogP) is 2.85. The van der Waals surface area contributed by atoms with Crippen LogP contribution in [-0.2, 0) is 7.05 Å². The minimum atomic E-state index is -0.0568. The number of carbonyl (C=O) groups excluding carboxylic acids is 1. The molecular formula is C13H16N4OS. The molecule has 1 fully saturated rings. The van der Waals surface area contributed by atoms with Gasteiger partial charge in [0, 0.05) is 37.1 Å². The summed E-state index contributed by atoms with van der Waals surface area (Å²) in [6.45, 7) is 0.799. The highest BCUT2D eigenvalue weighted by atomic mass is 32.1. The number of rotatable bonds is 2. The molecule has 0 unspecified atom stereocenters. The fourth-order valence-corrected chi connectivity index (χ4v) is 3.10. The van der Waals surface area contributed by atoms with E-state index in [2.05, 4.69) is 20.9 Å². The van der Waals surface area contributed by atoms with Crippen LogP contribution in [0.25, 0.3) is 0 Å². The van der Waals surface area contributed by atoms with Gasteiger partial charge in [0.05, 0.1) is 6.04 Å². The van der Waals surface area contributed by atoms with Crippen LogP contribution < -0.4 is 5.32 Å². The van der Waals surface area contributed by atoms with Crippen molar-refractivity contribution in [2.75, 3.05) is 11.9 Å². The Kier molecular flexibility index (Phi) is 3.25. The highest BCUT2D eigenvalue weighted by Gasteiger charge is 2.31. The molecule has 0 saturated carbocycles. The third kappa shape index (κ3) is 2.35. The summed E-state index contributed by atoms with van der Waals surface area (Å²) in [4.78, 5) is 18.3. The highest BCUT2D eigenvalue weighted by Crippen LogP contribution is 2.32. The Balaban J connectivity index is 1.76. The molecule has 0 aromatic carbocycles. The Morgan fingerprint density at radius 1 is 1.58 bits per heavy atom. The van der Waals surface area contributed by atoms with E-state index in [9.17, 15) is 4.79 Å². The van der Waals surface area contributed by atoms with Gasteiger partial charge in [-0.15, -0.1) is 11.3 Å². The first-order chi connectivity index (χ1) is 9.25. The number of urea groups is 1. The van der Waals surface area contributed by atoms with Gasteiger partial charge in [-0.2, -0.15) is 0 Å². The standard InChI is InChI=1S/C13H16N4OS/c1-16-7-2-4-10(16)11-5-3-8-17(11)13(18)15-12-14-6-9-19-12/h2,4,6-7,9,11H,3,5,8H2,1H3,(H,14,15,18)/t11-/m0/s1. The average Bonchev–Trinajstić information content (AvgIpc) is 3.07. The summed E-state index contributed by atoms with van der Waals surface area (Å²) in [7, 11) is 2.02. The molecule has 2 amide bonds. The smallest absolute Gasteiger partial charge is 0.324 e. The lowest BCUT2D eigenvalue weighted by Gasteiger charge is -2.25. The quantitative estimate of drug-likeness (QED) is 0.917. The average molecular weight is 276 g/mol. The number of nitrogens with one attached hydrogen (secondary N) is 1. The Morgan fingerprint density at radius 3 is 3.16 bits per heavy atom. The second-order valence-electron chi connectivity index (χ2n) is 4.66. The monoisotopic (exact) mass is 276 g/mol. The largest absolute Gasteiger partial charge is 0.353 e. The van der Waals surface area contributed by atoms with Gasteiger partial charge < -0.3 is 9.47 Å². The van der Waals surface area contributed by atoms with E-state index in [4.69, 9.17) is 0 Å². The molecule has 5 nitrogen and oxygen atoms in total. The fourth-order valence-electron chi connectivity index (χ4n) is 2.59. The minimum Gasteiger partial charge on any atom is -0.353 e. The van der Waals surface area contributed by atoms with E-state index >= 15 is 0 Å². The normalized spacial score (nSPS) is 18.8. The van der Waals surface area contributed by atoms with Gasteiger partial charge in [-0.3, -0.25) is 5.32 Å². The number of hydrogen-bond acceptors (Lipinski definition) is 3. The minimum absolute atomic E-state index is 0.0568. The first kappa shape index (κ1) is 12.2. The SMILES string of the molecule is Cn1cccc1[C@@H]1CCCN1C(=O)Nc1nccs1. The fraction of sp³-hybridized carbons (Fsp3) is 0.385. The molecule has 3 heterocycles. The van der Waals surface area contributed by atoms with Crippen molar-refractivity contribution in [2.45, 2.75) is 18.9 Å². The van der Waals surface area contributed by atoms with Crippen LogP contribution in [-0.4, -0.2) is 27.0 Å². The summed E-state index contributed by atoms with van der Waals surface area (Å²) in [6, 6.07) is 4.21. The molecule has 19 heavy (non-hydrogen) atoms. The topological polar surface area (TPSA) is 50.2 Å². The van der Waals surface area contributed by atoms with Crippen molar-refractivity contribution in [1.82, 2.24) is 14.5 Å². The summed E-state index contributed by atoms with van der Waals surface area (Å²) in [5.41, 5.74) is 1.19. The van der Waals surface area contributed by atoms with Crippen molar-refractivity contribution < 1.29 is 4.79 Å². The molecule has 3 rings (SSSR count). The van der Waals surface area contributed by atoms with E-state index in [0.29, 0.717) is 5.13 Å². The van der Waals surface area contributed by atoms with Crippen LogP contribution in [0.3, 0.4) is 0 Å². The van der Waals surface area contributed by atoms with Gasteiger partial charge in [0.1, 0.15) is 0 Å². The maximum absolute atomic E-state index is 12.3. The number of anilines is 1. The van der Waals surface area contributed by atoms with E-state index in [0.717, 1.165) is 19.4 Å². The third-order valence-corrected chi connectivity index (χ3v) is 4.17. The van der Waals surface area contributed by atoms with Crippen LogP contribution in [0, 0.1) is 0 Å². The van der Waals surface area contributed by atoms with Crippen molar-refractivity contribution in [1.29, 1.82) is 0 Å². The molecule has 1 saturated heterocycles. The maximum atomic E-state index is 12.3. The zero-order chi connectivity index (χ0) is 13.2. The molecule has 2 aromatic heterocycles. The Morgan fingerprint density at radius 2 is 2.47 bits per heavy atom. The molecule has 0 aliphatic carbocycles. The van der Waals surface area contributed by atoms with Crippen molar-refractivity contribution in [3.8, 4) is 0 Å². The number of likely N-dealkylation sites (tertiary alicyclic amines) is 1. The predicted molar refractivity (Wildman–Crippen MR) is 75.2 cm³/mol. The number of carbonyl (C=O) groups is 1. The molecule has 0 bridgehead atoms. The molecule has 1 aliphatic rings. The van der Waals surface area contributed by atoms with Crippen LogP contribution in [0.5, 0.6) is 0 Å². The Labute approximate surface area is 115 Å². The molecular weight excluding hydrogens is 260 g/mol. The molecule has 0 spiro atoms. The van der Waals surface area contributed by atoms with Gasteiger partial charge in [-0.05, 0) is 25.0 Å². The maximum Gasteiger partial charge on any atom is 0.324 e. The van der Waals surface area contributed by atoms with Crippen molar-refractivity contribution in [2.24, 2.45) is 7.05 Å². The first-order valence-electron chi connectivity index (χ1n) is 6.34. The van der Waals surface area contributed by atoms with Gasteiger partial charge in [0.25, 0.3) is 0 Å². The van der Waals surface area contributed by atoms with Crippen LogP contribution in [0.2, 0.25) is 0 Å². The number of aromatic nitrogens is 2. The molecule has 2 aromatic rings. The Bertz CT molecular complexity index is 563. The van der Waals surface area contributed by atoms with Gasteiger partial charge in [0.15, 0.2) is 5.13 Å². The van der Waals surface area contributed by atoms with E-state index < -0.39 is 0 Å². The van der Waals surface area contributed by atoms with Gasteiger partial charge >= 0.3 is 6.03 Å². The summed E-state index contributed by atoms with van der Waals surface area (Å²) in [6.07, 6.45) is 5.77. The van der Waals surface area contributed by atoms with Crippen LogP contribution >= 0.6 is 11.3 Å². The number of thiazole rings is 1. The number of nitrogens with zero attached hydrogens (tertiary/aromatic N) is 3. The molecule has 6 heteroatoms. The van der Waals surface area contributed by atoms with Crippen molar-refractivity contribution in [3.05, 3.63) is 35.6 Å². The second-order valence-corrected chi connectivity index (χ2v) is 5.56. The lowest BCUT2D eigenvalue weighted by Crippen LogP contribution is -2.35. The molecule has 1 N–H and O–H groups in total. The summed E-state index contributed by atoms with van der Waals surface area (Å²) in [5.74, 6) is 0. The summed E-state index contributed by atoms with van der Waals surface area (Å²) >= 11 is 1.44. The zero-order valence-electron chi connectivity index (χ0n) is 10.7. The van der Waals surface area contributed by atoms with Crippen LogP contribution in [0.1, 0.15) is 24.6 Å². The number of hydrogen-bond donors (Lipinski definition) is 1. The number of aryl methyl sites for hydroxylation is 1. The zero-order valence-corrected chi connectivity index (χ0v) is 11.6. The molecule has 100 valence electrons. The van der Waals surface area contributed by atoms with Gasteiger partial charge in [-0.25, -0.2) is 9.78 Å². The molecule has 1 aliphatic heterocycles. The lowest BCUT2D eigenvalue weighted by molar-refractivity contribution is 0.205. The summed E-state index contributed by atoms with van der Waals surface area (Å²) in [5, 5.41) is 5.37. The summed E-state index contributed by atoms with van der Waals surface area (Å²) < 4.78 is 2.08. The Hall–Kier alpha value is -1.82. The van der Waals surface area contributed by atoms with E-state index in [1.54, 1.807) is 6.20 Å². The van der Waals surface area contributed by atoms with E-state index in [1.807, 2.05) is 29.6 Å². The molecule has 1 atom stereocenters. The van der Waals surface area contributed by atoms with Crippen LogP contribution in [0.4, 0.5) is 9.93 Å². The molecule has 0 radical (unpaired) electrons. The van der Waals surface area contributed by atoms with Gasteiger partial charge in [-0.1, -0.05) is 0 Å². The lowest BCUT2D eigenvalue weighted by atomic mass is 10.1. The van der Waals surface area contributed by atoms with E-state index in [-0.39, 0.29) is 12.1 Å².